The van der Waals surface area contributed by atoms with E-state index in [0.29, 0.717) is 17.8 Å². The van der Waals surface area contributed by atoms with Gasteiger partial charge in [-0.2, -0.15) is 0 Å². The van der Waals surface area contributed by atoms with Crippen LogP contribution in [0.5, 0.6) is 0 Å². The van der Waals surface area contributed by atoms with Crippen LogP contribution in [0, 0.1) is 5.92 Å². The topological polar surface area (TPSA) is 50.9 Å². The van der Waals surface area contributed by atoms with E-state index >= 15 is 0 Å². The van der Waals surface area contributed by atoms with Crippen LogP contribution in [0.2, 0.25) is 0 Å². The van der Waals surface area contributed by atoms with Crippen molar-refractivity contribution in [2.24, 2.45) is 5.92 Å². The molecular weight excluding hydrogens is 210 g/mol. The summed E-state index contributed by atoms with van der Waals surface area (Å²) in [7, 11) is 0. The first kappa shape index (κ1) is 14.0. The van der Waals surface area contributed by atoms with Gasteiger partial charge in [-0.25, -0.2) is 4.98 Å². The molecule has 3 nitrogen and oxygen atoms in total. The third-order valence-corrected chi connectivity index (χ3v) is 2.83. The summed E-state index contributed by atoms with van der Waals surface area (Å²) < 4.78 is 0. The second kappa shape index (κ2) is 7.28. The van der Waals surface area contributed by atoms with Crippen LogP contribution >= 0.6 is 0 Å². The number of hydrogen-bond donors (Lipinski definition) is 2. The SMILES string of the molecule is CCCNC(Cc1cccnc1N)CC(C)C. The van der Waals surface area contributed by atoms with Crippen LogP contribution in [-0.2, 0) is 6.42 Å². The molecule has 0 aliphatic heterocycles. The monoisotopic (exact) mass is 235 g/mol. The third kappa shape index (κ3) is 5.18. The van der Waals surface area contributed by atoms with Gasteiger partial charge in [0, 0.05) is 12.2 Å². The van der Waals surface area contributed by atoms with Gasteiger partial charge in [0.1, 0.15) is 5.82 Å². The molecule has 0 saturated carbocycles. The van der Waals surface area contributed by atoms with E-state index in [0.717, 1.165) is 24.9 Å². The average molecular weight is 235 g/mol. The Morgan fingerprint density at radius 1 is 1.41 bits per heavy atom. The summed E-state index contributed by atoms with van der Waals surface area (Å²) in [6.07, 6.45) is 5.05. The highest BCUT2D eigenvalue weighted by Crippen LogP contribution is 2.14. The van der Waals surface area contributed by atoms with E-state index in [2.05, 4.69) is 37.1 Å². The normalized spacial score (nSPS) is 12.9. The highest BCUT2D eigenvalue weighted by atomic mass is 14.9. The van der Waals surface area contributed by atoms with Crippen molar-refractivity contribution >= 4 is 5.82 Å². The Hall–Kier alpha value is -1.09. The van der Waals surface area contributed by atoms with Crippen LogP contribution in [0.3, 0.4) is 0 Å². The Bertz CT molecular complexity index is 323. The molecule has 1 aromatic heterocycles. The fraction of sp³-hybridized carbons (Fsp3) is 0.643. The van der Waals surface area contributed by atoms with Crippen molar-refractivity contribution < 1.29 is 0 Å². The van der Waals surface area contributed by atoms with Gasteiger partial charge in [-0.1, -0.05) is 26.8 Å². The zero-order valence-electron chi connectivity index (χ0n) is 11.2. The number of rotatable bonds is 7. The summed E-state index contributed by atoms with van der Waals surface area (Å²) in [5.41, 5.74) is 7.04. The molecule has 1 aromatic rings. The first-order valence-corrected chi connectivity index (χ1v) is 6.56. The zero-order valence-corrected chi connectivity index (χ0v) is 11.2. The lowest BCUT2D eigenvalue weighted by molar-refractivity contribution is 0.416. The first-order valence-electron chi connectivity index (χ1n) is 6.56. The summed E-state index contributed by atoms with van der Waals surface area (Å²) in [6, 6.07) is 4.53. The Morgan fingerprint density at radius 3 is 2.76 bits per heavy atom. The Balaban J connectivity index is 2.61. The second-order valence-electron chi connectivity index (χ2n) is 5.03. The molecule has 3 N–H and O–H groups in total. The summed E-state index contributed by atoms with van der Waals surface area (Å²) in [4.78, 5) is 4.14. The predicted octanol–water partition coefficient (Wildman–Crippen LogP) is 2.62. The smallest absolute Gasteiger partial charge is 0.126 e. The average Bonchev–Trinajstić information content (AvgIpc) is 2.28. The lowest BCUT2D eigenvalue weighted by Gasteiger charge is -2.21. The van der Waals surface area contributed by atoms with Crippen LogP contribution in [0.25, 0.3) is 0 Å². The number of hydrogen-bond acceptors (Lipinski definition) is 3. The molecule has 96 valence electrons. The van der Waals surface area contributed by atoms with Crippen molar-refractivity contribution in [1.29, 1.82) is 0 Å². The maximum absolute atomic E-state index is 5.89. The molecule has 0 saturated heterocycles. The highest BCUT2D eigenvalue weighted by molar-refractivity contribution is 5.38. The van der Waals surface area contributed by atoms with Gasteiger partial charge in [-0.3, -0.25) is 0 Å². The van der Waals surface area contributed by atoms with Crippen molar-refractivity contribution in [2.45, 2.75) is 46.1 Å². The second-order valence-corrected chi connectivity index (χ2v) is 5.03. The van der Waals surface area contributed by atoms with Crippen molar-refractivity contribution in [3.05, 3.63) is 23.9 Å². The van der Waals surface area contributed by atoms with E-state index in [-0.39, 0.29) is 0 Å². The molecule has 1 rings (SSSR count). The molecule has 0 aliphatic carbocycles. The fourth-order valence-corrected chi connectivity index (χ4v) is 2.05. The standard InChI is InChI=1S/C14H25N3/c1-4-7-16-13(9-11(2)3)10-12-6-5-8-17-14(12)15/h5-6,8,11,13,16H,4,7,9-10H2,1-3H3,(H2,15,17). The molecule has 0 spiro atoms. The largest absolute Gasteiger partial charge is 0.383 e. The summed E-state index contributed by atoms with van der Waals surface area (Å²) in [5.74, 6) is 1.36. The summed E-state index contributed by atoms with van der Waals surface area (Å²) >= 11 is 0. The van der Waals surface area contributed by atoms with Gasteiger partial charge in [-0.05, 0) is 43.4 Å². The fourth-order valence-electron chi connectivity index (χ4n) is 2.05. The lowest BCUT2D eigenvalue weighted by atomic mass is 9.97. The van der Waals surface area contributed by atoms with Crippen molar-refractivity contribution in [1.82, 2.24) is 10.3 Å². The van der Waals surface area contributed by atoms with Crippen LogP contribution in [-0.4, -0.2) is 17.6 Å². The number of aromatic nitrogens is 1. The number of nitrogens with zero attached hydrogens (tertiary/aromatic N) is 1. The summed E-state index contributed by atoms with van der Waals surface area (Å²) in [6.45, 7) is 7.77. The van der Waals surface area contributed by atoms with Gasteiger partial charge in [0.2, 0.25) is 0 Å². The predicted molar refractivity (Wildman–Crippen MR) is 73.9 cm³/mol. The number of pyridine rings is 1. The van der Waals surface area contributed by atoms with Gasteiger partial charge in [0.25, 0.3) is 0 Å². The van der Waals surface area contributed by atoms with Crippen LogP contribution < -0.4 is 11.1 Å². The van der Waals surface area contributed by atoms with E-state index in [4.69, 9.17) is 5.73 Å². The molecule has 0 bridgehead atoms. The maximum atomic E-state index is 5.89. The Kier molecular flexibility index (Phi) is 5.98. The molecular formula is C14H25N3. The van der Waals surface area contributed by atoms with Crippen molar-refractivity contribution in [3.8, 4) is 0 Å². The van der Waals surface area contributed by atoms with Crippen LogP contribution in [0.1, 0.15) is 39.2 Å². The molecule has 3 heteroatoms. The quantitative estimate of drug-likeness (QED) is 0.764. The molecule has 17 heavy (non-hydrogen) atoms. The molecule has 1 heterocycles. The number of nitrogens with two attached hydrogens (primary N) is 1. The van der Waals surface area contributed by atoms with Crippen molar-refractivity contribution in [3.63, 3.8) is 0 Å². The van der Waals surface area contributed by atoms with Gasteiger partial charge in [0.05, 0.1) is 0 Å². The molecule has 0 aromatic carbocycles. The van der Waals surface area contributed by atoms with Crippen molar-refractivity contribution in [2.75, 3.05) is 12.3 Å². The molecule has 1 unspecified atom stereocenters. The van der Waals surface area contributed by atoms with E-state index < -0.39 is 0 Å². The van der Waals surface area contributed by atoms with Gasteiger partial charge in [0.15, 0.2) is 0 Å². The van der Waals surface area contributed by atoms with Gasteiger partial charge >= 0.3 is 0 Å². The Morgan fingerprint density at radius 2 is 2.18 bits per heavy atom. The molecule has 1 atom stereocenters. The Labute approximate surface area is 105 Å². The summed E-state index contributed by atoms with van der Waals surface area (Å²) in [5, 5.41) is 3.59. The first-order chi connectivity index (χ1) is 8.13. The van der Waals surface area contributed by atoms with Crippen LogP contribution in [0.4, 0.5) is 5.82 Å². The van der Waals surface area contributed by atoms with E-state index in [1.54, 1.807) is 6.20 Å². The molecule has 0 amide bonds. The minimum absolute atomic E-state index is 0.501. The minimum atomic E-state index is 0.501. The van der Waals surface area contributed by atoms with Gasteiger partial charge < -0.3 is 11.1 Å². The van der Waals surface area contributed by atoms with E-state index in [1.165, 1.54) is 6.42 Å². The zero-order chi connectivity index (χ0) is 12.7. The lowest BCUT2D eigenvalue weighted by Crippen LogP contribution is -2.33. The molecule has 0 aliphatic rings. The van der Waals surface area contributed by atoms with E-state index in [9.17, 15) is 0 Å². The number of nitrogens with one attached hydrogen (secondary N) is 1. The molecule has 0 radical (unpaired) electrons. The van der Waals surface area contributed by atoms with E-state index in [1.807, 2.05) is 6.07 Å². The maximum Gasteiger partial charge on any atom is 0.126 e. The van der Waals surface area contributed by atoms with Gasteiger partial charge in [-0.15, -0.1) is 0 Å². The third-order valence-electron chi connectivity index (χ3n) is 2.83. The number of nitrogen functional groups attached to an aromatic ring is 1. The molecule has 0 fully saturated rings. The number of anilines is 1. The minimum Gasteiger partial charge on any atom is -0.383 e. The van der Waals surface area contributed by atoms with Crippen LogP contribution in [0.15, 0.2) is 18.3 Å². The highest BCUT2D eigenvalue weighted by Gasteiger charge is 2.12.